The number of ketones is 1. The molecule has 15 heavy (non-hydrogen) atoms. The molecular weight excluding hydrogens is 235 g/mol. The van der Waals surface area contributed by atoms with Crippen LogP contribution in [0, 0.1) is 0 Å². The van der Waals surface area contributed by atoms with Crippen molar-refractivity contribution in [1.82, 2.24) is 0 Å². The van der Waals surface area contributed by atoms with E-state index in [1.807, 2.05) is 0 Å². The zero-order valence-electron chi connectivity index (χ0n) is 8.59. The largest absolute Gasteiger partial charge is 0.369 e. The molecule has 0 saturated heterocycles. The normalized spacial score (nSPS) is 12.5. The van der Waals surface area contributed by atoms with Crippen LogP contribution in [-0.4, -0.2) is 12.9 Å². The molecule has 0 N–H and O–H groups in total. The van der Waals surface area contributed by atoms with Gasteiger partial charge in [0.15, 0.2) is 5.78 Å². The minimum atomic E-state index is -0.597. The third-order valence-electron chi connectivity index (χ3n) is 2.12. The second-order valence-corrected chi connectivity index (χ2v) is 3.95. The molecule has 0 saturated carbocycles. The highest BCUT2D eigenvalue weighted by Crippen LogP contribution is 2.29. The van der Waals surface area contributed by atoms with E-state index in [1.54, 1.807) is 25.1 Å². The molecule has 0 aromatic heterocycles. The fourth-order valence-corrected chi connectivity index (χ4v) is 1.84. The number of methoxy groups -OCH3 is 1. The third-order valence-corrected chi connectivity index (χ3v) is 2.68. The fraction of sp³-hybridized carbons (Fsp3) is 0.364. The van der Waals surface area contributed by atoms with E-state index >= 15 is 0 Å². The van der Waals surface area contributed by atoms with E-state index in [0.717, 1.165) is 0 Å². The van der Waals surface area contributed by atoms with Gasteiger partial charge in [-0.25, -0.2) is 0 Å². The first kappa shape index (κ1) is 12.5. The Morgan fingerprint density at radius 2 is 2.13 bits per heavy atom. The van der Waals surface area contributed by atoms with Crippen molar-refractivity contribution < 1.29 is 9.53 Å². The van der Waals surface area contributed by atoms with Crippen LogP contribution < -0.4 is 0 Å². The lowest BCUT2D eigenvalue weighted by molar-refractivity contribution is -0.128. The summed E-state index contributed by atoms with van der Waals surface area (Å²) >= 11 is 11.8. The first-order valence-electron chi connectivity index (χ1n) is 4.60. The summed E-state index contributed by atoms with van der Waals surface area (Å²) in [7, 11) is 1.49. The average molecular weight is 247 g/mol. The van der Waals surface area contributed by atoms with E-state index in [4.69, 9.17) is 27.9 Å². The van der Waals surface area contributed by atoms with Crippen molar-refractivity contribution in [3.8, 4) is 0 Å². The molecule has 1 rings (SSSR count). The third kappa shape index (κ3) is 2.94. The topological polar surface area (TPSA) is 26.3 Å². The van der Waals surface area contributed by atoms with Gasteiger partial charge in [-0.2, -0.15) is 0 Å². The highest BCUT2D eigenvalue weighted by Gasteiger charge is 2.20. The van der Waals surface area contributed by atoms with Gasteiger partial charge in [0.05, 0.1) is 0 Å². The van der Waals surface area contributed by atoms with Gasteiger partial charge in [-0.1, -0.05) is 36.2 Å². The molecule has 0 fully saturated rings. The van der Waals surface area contributed by atoms with Crippen molar-refractivity contribution in [2.24, 2.45) is 0 Å². The molecule has 0 amide bonds. The van der Waals surface area contributed by atoms with Gasteiger partial charge in [0.25, 0.3) is 0 Å². The monoisotopic (exact) mass is 246 g/mol. The SMILES string of the molecule is CCC(=O)C(OC)c1ccc(Cl)cc1Cl. The molecule has 82 valence electrons. The Bertz CT molecular complexity index is 364. The van der Waals surface area contributed by atoms with Gasteiger partial charge < -0.3 is 4.74 Å². The van der Waals surface area contributed by atoms with Crippen molar-refractivity contribution in [3.05, 3.63) is 33.8 Å². The summed E-state index contributed by atoms with van der Waals surface area (Å²) in [4.78, 5) is 11.6. The van der Waals surface area contributed by atoms with Gasteiger partial charge >= 0.3 is 0 Å². The second-order valence-electron chi connectivity index (χ2n) is 3.10. The van der Waals surface area contributed by atoms with E-state index < -0.39 is 6.10 Å². The molecule has 0 aliphatic heterocycles. The lowest BCUT2D eigenvalue weighted by atomic mass is 10.0. The summed E-state index contributed by atoms with van der Waals surface area (Å²) in [5.74, 6) is 0.00159. The maximum atomic E-state index is 11.6. The molecule has 0 spiro atoms. The molecule has 2 nitrogen and oxygen atoms in total. The summed E-state index contributed by atoms with van der Waals surface area (Å²) in [6, 6.07) is 5.01. The fourth-order valence-electron chi connectivity index (χ4n) is 1.33. The van der Waals surface area contributed by atoms with Crippen LogP contribution in [0.25, 0.3) is 0 Å². The lowest BCUT2D eigenvalue weighted by Crippen LogP contribution is -2.13. The first-order chi connectivity index (χ1) is 7.10. The first-order valence-corrected chi connectivity index (χ1v) is 5.36. The molecule has 1 aromatic carbocycles. The maximum absolute atomic E-state index is 11.6. The van der Waals surface area contributed by atoms with Crippen LogP contribution in [0.4, 0.5) is 0 Å². The van der Waals surface area contributed by atoms with Gasteiger partial charge in [0.1, 0.15) is 6.10 Å². The van der Waals surface area contributed by atoms with Crippen molar-refractivity contribution in [2.45, 2.75) is 19.4 Å². The van der Waals surface area contributed by atoms with Crippen LogP contribution in [0.5, 0.6) is 0 Å². The van der Waals surface area contributed by atoms with Gasteiger partial charge in [-0.15, -0.1) is 0 Å². The van der Waals surface area contributed by atoms with Gasteiger partial charge in [-0.05, 0) is 12.1 Å². The van der Waals surface area contributed by atoms with E-state index in [-0.39, 0.29) is 5.78 Å². The molecule has 0 bridgehead atoms. The molecule has 0 aliphatic rings. The molecule has 0 aliphatic carbocycles. The molecular formula is C11H12Cl2O2. The number of ether oxygens (including phenoxy) is 1. The van der Waals surface area contributed by atoms with Gasteiger partial charge in [0, 0.05) is 29.1 Å². The molecule has 0 heterocycles. The van der Waals surface area contributed by atoms with Crippen molar-refractivity contribution in [2.75, 3.05) is 7.11 Å². The van der Waals surface area contributed by atoms with E-state index in [0.29, 0.717) is 22.0 Å². The van der Waals surface area contributed by atoms with Crippen LogP contribution in [0.3, 0.4) is 0 Å². The highest BCUT2D eigenvalue weighted by atomic mass is 35.5. The Labute approximate surface area is 99.1 Å². The van der Waals surface area contributed by atoms with E-state index in [2.05, 4.69) is 0 Å². The zero-order valence-corrected chi connectivity index (χ0v) is 10.1. The Hall–Kier alpha value is -0.570. The Morgan fingerprint density at radius 1 is 1.47 bits per heavy atom. The molecule has 1 unspecified atom stereocenters. The number of halogens is 2. The van der Waals surface area contributed by atoms with E-state index in [1.165, 1.54) is 7.11 Å². The summed E-state index contributed by atoms with van der Waals surface area (Å²) in [5, 5.41) is 0.999. The summed E-state index contributed by atoms with van der Waals surface area (Å²) in [6.45, 7) is 1.79. The summed E-state index contributed by atoms with van der Waals surface area (Å²) in [5.41, 5.74) is 0.662. The van der Waals surface area contributed by atoms with Gasteiger partial charge in [0.2, 0.25) is 0 Å². The number of benzene rings is 1. The standard InChI is InChI=1S/C11H12Cl2O2/c1-3-10(14)11(15-2)8-5-4-7(12)6-9(8)13/h4-6,11H,3H2,1-2H3. The number of hydrogen-bond acceptors (Lipinski definition) is 2. The number of rotatable bonds is 4. The molecule has 1 atom stereocenters. The predicted molar refractivity (Wildman–Crippen MR) is 61.5 cm³/mol. The quantitative estimate of drug-likeness (QED) is 0.811. The maximum Gasteiger partial charge on any atom is 0.165 e. The van der Waals surface area contributed by atoms with Crippen molar-refractivity contribution in [1.29, 1.82) is 0 Å². The Kier molecular flexibility index (Phi) is 4.58. The number of carbonyl (C=O) groups is 1. The lowest BCUT2D eigenvalue weighted by Gasteiger charge is -2.15. The highest BCUT2D eigenvalue weighted by molar-refractivity contribution is 6.35. The second kappa shape index (κ2) is 5.50. The number of hydrogen-bond donors (Lipinski definition) is 0. The van der Waals surface area contributed by atoms with Crippen LogP contribution in [-0.2, 0) is 9.53 Å². The Morgan fingerprint density at radius 3 is 2.60 bits per heavy atom. The van der Waals surface area contributed by atoms with Crippen molar-refractivity contribution >= 4 is 29.0 Å². The smallest absolute Gasteiger partial charge is 0.165 e. The number of Topliss-reactive ketones (excluding diaryl/α,β-unsaturated/α-hetero) is 1. The Balaban J connectivity index is 3.07. The van der Waals surface area contributed by atoms with Crippen LogP contribution in [0.15, 0.2) is 18.2 Å². The zero-order chi connectivity index (χ0) is 11.4. The van der Waals surface area contributed by atoms with Crippen LogP contribution in [0.2, 0.25) is 10.0 Å². The molecule has 4 heteroatoms. The predicted octanol–water partition coefficient (Wildman–Crippen LogP) is 3.66. The average Bonchev–Trinajstić information content (AvgIpc) is 2.21. The van der Waals surface area contributed by atoms with Crippen LogP contribution in [0.1, 0.15) is 25.0 Å². The minimum absolute atomic E-state index is 0.00159. The summed E-state index contributed by atoms with van der Waals surface area (Å²) < 4.78 is 5.13. The molecule has 1 aromatic rings. The minimum Gasteiger partial charge on any atom is -0.369 e. The van der Waals surface area contributed by atoms with Crippen LogP contribution >= 0.6 is 23.2 Å². The van der Waals surface area contributed by atoms with Crippen molar-refractivity contribution in [3.63, 3.8) is 0 Å². The van der Waals surface area contributed by atoms with Gasteiger partial charge in [-0.3, -0.25) is 4.79 Å². The number of carbonyl (C=O) groups excluding carboxylic acids is 1. The molecule has 0 radical (unpaired) electrons. The van der Waals surface area contributed by atoms with E-state index in [9.17, 15) is 4.79 Å². The summed E-state index contributed by atoms with van der Waals surface area (Å²) in [6.07, 6.45) is -0.183.